The molecular formula is C11H17NO. The van der Waals surface area contributed by atoms with Crippen LogP contribution >= 0.6 is 0 Å². The van der Waals surface area contributed by atoms with Gasteiger partial charge in [0.25, 0.3) is 0 Å². The highest BCUT2D eigenvalue weighted by Crippen LogP contribution is 2.15. The van der Waals surface area contributed by atoms with Gasteiger partial charge in [0, 0.05) is 5.70 Å². The molecule has 0 aliphatic carbocycles. The molecule has 1 heterocycles. The Hall–Kier alpha value is -1.05. The van der Waals surface area contributed by atoms with Gasteiger partial charge < -0.3 is 4.74 Å². The number of hydrogen-bond donors (Lipinski definition) is 0. The third kappa shape index (κ3) is 2.72. The summed E-state index contributed by atoms with van der Waals surface area (Å²) >= 11 is 0. The van der Waals surface area contributed by atoms with Gasteiger partial charge in [-0.3, -0.25) is 0 Å². The van der Waals surface area contributed by atoms with Crippen molar-refractivity contribution in [2.24, 2.45) is 10.9 Å². The van der Waals surface area contributed by atoms with E-state index < -0.39 is 0 Å². The Kier molecular flexibility index (Phi) is 3.29. The molecule has 13 heavy (non-hydrogen) atoms. The molecule has 1 aliphatic rings. The molecular weight excluding hydrogens is 162 g/mol. The maximum absolute atomic E-state index is 5.46. The maximum atomic E-state index is 5.46. The standard InChI is InChI=1S/C11H17NO/c1-5-13-11-9(3)6-8(2)7-10(4)12-11/h6-7,9H,5H2,1-4H3/t9-/m0/s1. The molecule has 0 aromatic heterocycles. The maximum Gasteiger partial charge on any atom is 0.194 e. The van der Waals surface area contributed by atoms with E-state index in [-0.39, 0.29) is 5.92 Å². The second-order valence-electron chi connectivity index (χ2n) is 3.37. The normalized spacial score (nSPS) is 22.8. The summed E-state index contributed by atoms with van der Waals surface area (Å²) in [6, 6.07) is 0. The van der Waals surface area contributed by atoms with Crippen molar-refractivity contribution in [3.8, 4) is 0 Å². The highest BCUT2D eigenvalue weighted by atomic mass is 16.5. The summed E-state index contributed by atoms with van der Waals surface area (Å²) < 4.78 is 5.46. The first-order chi connectivity index (χ1) is 6.13. The third-order valence-electron chi connectivity index (χ3n) is 1.92. The van der Waals surface area contributed by atoms with Crippen LogP contribution in [0.2, 0.25) is 0 Å². The van der Waals surface area contributed by atoms with Crippen LogP contribution in [0, 0.1) is 5.92 Å². The topological polar surface area (TPSA) is 21.6 Å². The molecule has 0 saturated carbocycles. The van der Waals surface area contributed by atoms with Crippen molar-refractivity contribution < 1.29 is 4.74 Å². The van der Waals surface area contributed by atoms with Crippen LogP contribution in [0.5, 0.6) is 0 Å². The monoisotopic (exact) mass is 179 g/mol. The van der Waals surface area contributed by atoms with E-state index in [4.69, 9.17) is 4.74 Å². The second kappa shape index (κ2) is 4.26. The molecule has 0 bridgehead atoms. The fraction of sp³-hybridized carbons (Fsp3) is 0.545. The Morgan fingerprint density at radius 1 is 1.46 bits per heavy atom. The molecule has 1 aliphatic heterocycles. The average Bonchev–Trinajstić information content (AvgIpc) is 2.12. The van der Waals surface area contributed by atoms with E-state index in [0.717, 1.165) is 11.6 Å². The van der Waals surface area contributed by atoms with E-state index in [9.17, 15) is 0 Å². The lowest BCUT2D eigenvalue weighted by Crippen LogP contribution is -2.13. The number of allylic oxidation sites excluding steroid dienone is 3. The predicted molar refractivity (Wildman–Crippen MR) is 55.7 cm³/mol. The fourth-order valence-corrected chi connectivity index (χ4v) is 1.46. The van der Waals surface area contributed by atoms with Gasteiger partial charge in [0.05, 0.1) is 12.5 Å². The molecule has 0 aromatic rings. The van der Waals surface area contributed by atoms with Crippen LogP contribution in [-0.2, 0) is 4.74 Å². The minimum Gasteiger partial charge on any atom is -0.481 e. The number of hydrogen-bond acceptors (Lipinski definition) is 2. The van der Waals surface area contributed by atoms with Gasteiger partial charge in [-0.05, 0) is 26.8 Å². The van der Waals surface area contributed by atoms with Crippen LogP contribution in [-0.4, -0.2) is 12.5 Å². The summed E-state index contributed by atoms with van der Waals surface area (Å²) in [7, 11) is 0. The number of ether oxygens (including phenoxy) is 1. The first-order valence-corrected chi connectivity index (χ1v) is 4.71. The lowest BCUT2D eigenvalue weighted by Gasteiger charge is -2.10. The van der Waals surface area contributed by atoms with Crippen molar-refractivity contribution in [1.29, 1.82) is 0 Å². The Bertz CT molecular complexity index is 274. The zero-order chi connectivity index (χ0) is 9.84. The number of rotatable bonds is 1. The lowest BCUT2D eigenvalue weighted by molar-refractivity contribution is 0.310. The summed E-state index contributed by atoms with van der Waals surface area (Å²) in [4.78, 5) is 4.40. The van der Waals surface area contributed by atoms with Gasteiger partial charge in [-0.2, -0.15) is 0 Å². The molecule has 0 fully saturated rings. The molecule has 0 radical (unpaired) electrons. The molecule has 1 rings (SSSR count). The molecule has 0 N–H and O–H groups in total. The fourth-order valence-electron chi connectivity index (χ4n) is 1.46. The van der Waals surface area contributed by atoms with Gasteiger partial charge in [0.2, 0.25) is 0 Å². The van der Waals surface area contributed by atoms with E-state index >= 15 is 0 Å². The van der Waals surface area contributed by atoms with Gasteiger partial charge in [0.15, 0.2) is 5.90 Å². The quantitative estimate of drug-likeness (QED) is 0.606. The zero-order valence-electron chi connectivity index (χ0n) is 8.79. The Morgan fingerprint density at radius 2 is 2.15 bits per heavy atom. The molecule has 1 atom stereocenters. The highest BCUT2D eigenvalue weighted by Gasteiger charge is 2.11. The summed E-state index contributed by atoms with van der Waals surface area (Å²) in [6.45, 7) is 8.85. The van der Waals surface area contributed by atoms with Gasteiger partial charge >= 0.3 is 0 Å². The summed E-state index contributed by atoms with van der Waals surface area (Å²) in [5, 5.41) is 0. The lowest BCUT2D eigenvalue weighted by atomic mass is 10.1. The number of nitrogens with zero attached hydrogens (tertiary/aromatic N) is 1. The van der Waals surface area contributed by atoms with Gasteiger partial charge in [-0.1, -0.05) is 18.6 Å². The van der Waals surface area contributed by atoms with E-state index in [0.29, 0.717) is 6.61 Å². The van der Waals surface area contributed by atoms with Crippen LogP contribution in [0.1, 0.15) is 27.7 Å². The molecule has 0 saturated heterocycles. The Labute approximate surface area is 80.0 Å². The van der Waals surface area contributed by atoms with Crippen molar-refractivity contribution in [1.82, 2.24) is 0 Å². The summed E-state index contributed by atoms with van der Waals surface area (Å²) in [6.07, 6.45) is 4.24. The van der Waals surface area contributed by atoms with Crippen LogP contribution in [0.3, 0.4) is 0 Å². The van der Waals surface area contributed by atoms with Crippen molar-refractivity contribution >= 4 is 5.90 Å². The SMILES string of the molecule is CCOC1=NC(C)=CC(C)=C[C@@H]1C. The number of aliphatic imine (C=N–C) groups is 1. The van der Waals surface area contributed by atoms with Crippen LogP contribution in [0.4, 0.5) is 0 Å². The molecule has 2 heteroatoms. The van der Waals surface area contributed by atoms with Crippen LogP contribution in [0.15, 0.2) is 28.4 Å². The van der Waals surface area contributed by atoms with E-state index in [2.05, 4.69) is 31.0 Å². The van der Waals surface area contributed by atoms with Crippen molar-refractivity contribution in [2.75, 3.05) is 6.61 Å². The Balaban J connectivity index is 2.90. The third-order valence-corrected chi connectivity index (χ3v) is 1.92. The van der Waals surface area contributed by atoms with Gasteiger partial charge in [-0.15, -0.1) is 0 Å². The molecule has 0 aromatic carbocycles. The smallest absolute Gasteiger partial charge is 0.194 e. The molecule has 0 amide bonds. The minimum absolute atomic E-state index is 0.286. The molecule has 2 nitrogen and oxygen atoms in total. The van der Waals surface area contributed by atoms with E-state index in [1.165, 1.54) is 5.57 Å². The van der Waals surface area contributed by atoms with Gasteiger partial charge in [-0.25, -0.2) is 4.99 Å². The average molecular weight is 179 g/mol. The van der Waals surface area contributed by atoms with Crippen LogP contribution in [0.25, 0.3) is 0 Å². The predicted octanol–water partition coefficient (Wildman–Crippen LogP) is 2.92. The molecule has 72 valence electrons. The van der Waals surface area contributed by atoms with E-state index in [1.54, 1.807) is 0 Å². The first-order valence-electron chi connectivity index (χ1n) is 4.71. The molecule has 0 unspecified atom stereocenters. The van der Waals surface area contributed by atoms with Gasteiger partial charge in [0.1, 0.15) is 0 Å². The van der Waals surface area contributed by atoms with Crippen molar-refractivity contribution in [3.63, 3.8) is 0 Å². The second-order valence-corrected chi connectivity index (χ2v) is 3.37. The zero-order valence-corrected chi connectivity index (χ0v) is 8.79. The largest absolute Gasteiger partial charge is 0.481 e. The minimum atomic E-state index is 0.286. The summed E-state index contributed by atoms with van der Waals surface area (Å²) in [5.74, 6) is 1.11. The van der Waals surface area contributed by atoms with Crippen LogP contribution < -0.4 is 0 Å². The summed E-state index contributed by atoms with van der Waals surface area (Å²) in [5.41, 5.74) is 2.27. The highest BCUT2D eigenvalue weighted by molar-refractivity contribution is 5.82. The van der Waals surface area contributed by atoms with E-state index in [1.807, 2.05) is 13.8 Å². The molecule has 0 spiro atoms. The Morgan fingerprint density at radius 3 is 2.77 bits per heavy atom. The first kappa shape index (κ1) is 10.0. The van der Waals surface area contributed by atoms with Crippen molar-refractivity contribution in [2.45, 2.75) is 27.7 Å². The van der Waals surface area contributed by atoms with Crippen molar-refractivity contribution in [3.05, 3.63) is 23.4 Å².